The Morgan fingerprint density at radius 1 is 1.45 bits per heavy atom. The summed E-state index contributed by atoms with van der Waals surface area (Å²) in [6, 6.07) is -1.63. The second-order valence-corrected chi connectivity index (χ2v) is 10.00. The van der Waals surface area contributed by atoms with Crippen molar-refractivity contribution in [2.75, 3.05) is 26.8 Å². The second kappa shape index (κ2) is 10.2. The minimum Gasteiger partial charge on any atom is -0.464 e. The number of methoxy groups -OCH3 is 1. The summed E-state index contributed by atoms with van der Waals surface area (Å²) < 4.78 is 10.1. The number of carbonyl (C=O) groups excluding carboxylic acids is 1. The number of hydrogen-bond donors (Lipinski definition) is 1. The summed E-state index contributed by atoms with van der Waals surface area (Å²) in [5, 5.41) is 11.1. The molecule has 126 valence electrons. The van der Waals surface area contributed by atoms with E-state index in [-0.39, 0.29) is 5.71 Å². The highest BCUT2D eigenvalue weighted by Crippen LogP contribution is 2.04. The molecule has 22 heavy (non-hydrogen) atoms. The lowest BCUT2D eigenvalue weighted by Gasteiger charge is -2.15. The molecule has 0 spiro atoms. The van der Waals surface area contributed by atoms with Crippen molar-refractivity contribution in [2.45, 2.75) is 32.1 Å². The Kier molecular flexibility index (Phi) is 9.46. The molecular weight excluding hydrogens is 306 g/mol. The largest absolute Gasteiger partial charge is 0.464 e. The zero-order valence-electron chi connectivity index (χ0n) is 13.6. The summed E-state index contributed by atoms with van der Waals surface area (Å²) in [5.74, 6) is -0.952. The van der Waals surface area contributed by atoms with Crippen molar-refractivity contribution in [1.82, 2.24) is 0 Å². The van der Waals surface area contributed by atoms with E-state index in [0.717, 1.165) is 7.11 Å². The fourth-order valence-electron chi connectivity index (χ4n) is 1.42. The van der Waals surface area contributed by atoms with Gasteiger partial charge in [0.2, 0.25) is 0 Å². The molecule has 0 bridgehead atoms. The monoisotopic (exact) mass is 331 g/mol. The highest BCUT2D eigenvalue weighted by Gasteiger charge is 2.35. The molecule has 0 fully saturated rings. The van der Waals surface area contributed by atoms with Gasteiger partial charge in [-0.1, -0.05) is 6.08 Å². The molecule has 0 aromatic rings. The van der Waals surface area contributed by atoms with Gasteiger partial charge in [-0.05, 0) is 38.7 Å². The molecule has 0 aromatic heterocycles. The third-order valence-corrected chi connectivity index (χ3v) is 3.51. The normalized spacial score (nSPS) is 14.1. The summed E-state index contributed by atoms with van der Waals surface area (Å²) in [4.78, 5) is 26.1. The molecule has 0 amide bonds. The van der Waals surface area contributed by atoms with Gasteiger partial charge < -0.3 is 14.9 Å². The summed E-state index contributed by atoms with van der Waals surface area (Å²) in [6.45, 7) is 7.15. The van der Waals surface area contributed by atoms with Gasteiger partial charge in [0.05, 0.1) is 13.7 Å². The zero-order chi connectivity index (χ0) is 17.2. The molecule has 0 aromatic carbocycles. The number of ether oxygens (including phenoxy) is 1. The topological polar surface area (TPSA) is 117 Å². The zero-order valence-corrected chi connectivity index (χ0v) is 14.6. The molecule has 0 saturated carbocycles. The SMILES string of the molecule is COC(=O)C(C(C=CCO[Si](C)(C)C)=NCCCN)[N+](=O)[O-]. The second-order valence-electron chi connectivity index (χ2n) is 5.49. The molecule has 0 saturated heterocycles. The number of aliphatic imine (C=N–C) groups is 1. The van der Waals surface area contributed by atoms with Crippen LogP contribution in [0.4, 0.5) is 0 Å². The lowest BCUT2D eigenvalue weighted by Crippen LogP contribution is -2.38. The Labute approximate surface area is 131 Å². The van der Waals surface area contributed by atoms with Gasteiger partial charge in [-0.15, -0.1) is 0 Å². The van der Waals surface area contributed by atoms with E-state index >= 15 is 0 Å². The molecule has 2 N–H and O–H groups in total. The third-order valence-electron chi connectivity index (χ3n) is 2.47. The van der Waals surface area contributed by atoms with Gasteiger partial charge in [0.15, 0.2) is 8.32 Å². The van der Waals surface area contributed by atoms with Crippen LogP contribution >= 0.6 is 0 Å². The highest BCUT2D eigenvalue weighted by molar-refractivity contribution is 6.69. The van der Waals surface area contributed by atoms with Crippen molar-refractivity contribution in [1.29, 1.82) is 0 Å². The first kappa shape index (κ1) is 20.4. The number of nitrogens with zero attached hydrogens (tertiary/aromatic N) is 2. The number of rotatable bonds is 10. The molecule has 8 nitrogen and oxygen atoms in total. The smallest absolute Gasteiger partial charge is 0.388 e. The lowest BCUT2D eigenvalue weighted by atomic mass is 10.1. The summed E-state index contributed by atoms with van der Waals surface area (Å²) >= 11 is 0. The van der Waals surface area contributed by atoms with Crippen LogP contribution in [-0.4, -0.2) is 57.8 Å². The molecule has 0 aliphatic rings. The Morgan fingerprint density at radius 2 is 2.09 bits per heavy atom. The fraction of sp³-hybridized carbons (Fsp3) is 0.692. The number of hydrogen-bond acceptors (Lipinski definition) is 7. The number of nitrogens with two attached hydrogens (primary N) is 1. The number of carbonyl (C=O) groups is 1. The summed E-state index contributed by atoms with van der Waals surface area (Å²) in [7, 11) is -0.566. The van der Waals surface area contributed by atoms with E-state index in [1.54, 1.807) is 6.08 Å². The molecule has 0 rings (SSSR count). The van der Waals surface area contributed by atoms with E-state index < -0.39 is 25.3 Å². The van der Waals surface area contributed by atoms with Crippen LogP contribution in [0.1, 0.15) is 6.42 Å². The predicted octanol–water partition coefficient (Wildman–Crippen LogP) is 1.00. The minimum atomic E-state index is -1.67. The van der Waals surface area contributed by atoms with E-state index in [9.17, 15) is 14.9 Å². The van der Waals surface area contributed by atoms with Crippen LogP contribution in [0.3, 0.4) is 0 Å². The fourth-order valence-corrected chi connectivity index (χ4v) is 2.02. The van der Waals surface area contributed by atoms with Gasteiger partial charge in [-0.3, -0.25) is 15.1 Å². The van der Waals surface area contributed by atoms with Crippen LogP contribution in [-0.2, 0) is 14.0 Å². The maximum Gasteiger partial charge on any atom is 0.388 e. The molecule has 0 aliphatic heterocycles. The Morgan fingerprint density at radius 3 is 2.55 bits per heavy atom. The summed E-state index contributed by atoms with van der Waals surface area (Å²) in [6.07, 6.45) is 3.65. The van der Waals surface area contributed by atoms with Crippen LogP contribution in [0.2, 0.25) is 19.6 Å². The minimum absolute atomic E-state index is 0.0458. The van der Waals surface area contributed by atoms with E-state index in [0.29, 0.717) is 26.1 Å². The van der Waals surface area contributed by atoms with Gasteiger partial charge in [0.1, 0.15) is 5.71 Å². The van der Waals surface area contributed by atoms with Crippen molar-refractivity contribution in [3.63, 3.8) is 0 Å². The quantitative estimate of drug-likeness (QED) is 0.159. The van der Waals surface area contributed by atoms with Gasteiger partial charge >= 0.3 is 12.0 Å². The van der Waals surface area contributed by atoms with Crippen molar-refractivity contribution >= 4 is 20.0 Å². The first-order valence-electron chi connectivity index (χ1n) is 6.99. The summed E-state index contributed by atoms with van der Waals surface area (Å²) in [5.41, 5.74) is 5.42. The average Bonchev–Trinajstić information content (AvgIpc) is 2.41. The van der Waals surface area contributed by atoms with E-state index in [2.05, 4.69) is 9.73 Å². The number of esters is 1. The highest BCUT2D eigenvalue weighted by atomic mass is 28.4. The van der Waals surface area contributed by atoms with Gasteiger partial charge in [-0.25, -0.2) is 4.79 Å². The van der Waals surface area contributed by atoms with E-state index in [1.807, 2.05) is 19.6 Å². The Bertz CT molecular complexity index is 432. The van der Waals surface area contributed by atoms with Crippen molar-refractivity contribution in [3.8, 4) is 0 Å². The van der Waals surface area contributed by atoms with Gasteiger partial charge in [0.25, 0.3) is 0 Å². The first-order valence-corrected chi connectivity index (χ1v) is 10.4. The predicted molar refractivity (Wildman–Crippen MR) is 87.2 cm³/mol. The van der Waals surface area contributed by atoms with E-state index in [1.165, 1.54) is 6.08 Å². The van der Waals surface area contributed by atoms with E-state index in [4.69, 9.17) is 10.2 Å². The van der Waals surface area contributed by atoms with Crippen LogP contribution in [0.5, 0.6) is 0 Å². The van der Waals surface area contributed by atoms with Crippen LogP contribution in [0.15, 0.2) is 17.1 Å². The molecular formula is C13H25N3O5Si. The maximum absolute atomic E-state index is 11.6. The molecule has 9 heteroatoms. The van der Waals surface area contributed by atoms with Crippen LogP contribution < -0.4 is 5.73 Å². The Balaban J connectivity index is 5.09. The molecule has 1 unspecified atom stereocenters. The standard InChI is InChI=1S/C13H25N3O5Si/c1-20-13(17)12(16(18)19)11(15-9-6-8-14)7-5-10-21-22(2,3)4/h5,7,12H,6,8-10,14H2,1-4H3. The van der Waals surface area contributed by atoms with Crippen molar-refractivity contribution in [3.05, 3.63) is 22.3 Å². The molecule has 0 aliphatic carbocycles. The first-order chi connectivity index (χ1) is 10.2. The van der Waals surface area contributed by atoms with Crippen molar-refractivity contribution < 1.29 is 18.9 Å². The van der Waals surface area contributed by atoms with Crippen molar-refractivity contribution in [2.24, 2.45) is 10.7 Å². The molecule has 1 atom stereocenters. The number of nitro groups is 1. The lowest BCUT2D eigenvalue weighted by molar-refractivity contribution is -0.491. The van der Waals surface area contributed by atoms with Gasteiger partial charge in [0, 0.05) is 11.5 Å². The average molecular weight is 331 g/mol. The molecule has 0 radical (unpaired) electrons. The molecule has 0 heterocycles. The third kappa shape index (κ3) is 8.65. The Hall–Kier alpha value is -1.58. The van der Waals surface area contributed by atoms with Crippen LogP contribution in [0, 0.1) is 10.1 Å². The van der Waals surface area contributed by atoms with Gasteiger partial charge in [-0.2, -0.15) is 0 Å². The van der Waals surface area contributed by atoms with Crippen LogP contribution in [0.25, 0.3) is 0 Å². The maximum atomic E-state index is 11.6.